The summed E-state index contributed by atoms with van der Waals surface area (Å²) in [7, 11) is 1.45. The average molecular weight is 389 g/mol. The number of nitrogens with one attached hydrogen (secondary N) is 2. The molecule has 1 aliphatic heterocycles. The number of fused-ring (bicyclic) bond motifs is 1. The molecule has 0 saturated heterocycles. The van der Waals surface area contributed by atoms with Crippen molar-refractivity contribution in [3.63, 3.8) is 0 Å². The topological polar surface area (TPSA) is 90.9 Å². The molecule has 146 valence electrons. The Bertz CT molecular complexity index is 1070. The fourth-order valence-corrected chi connectivity index (χ4v) is 3.23. The molecule has 0 aliphatic carbocycles. The molecule has 1 atom stereocenters. The van der Waals surface area contributed by atoms with Gasteiger partial charge in [-0.15, -0.1) is 0 Å². The van der Waals surface area contributed by atoms with E-state index < -0.39 is 12.1 Å². The zero-order chi connectivity index (χ0) is 20.4. The van der Waals surface area contributed by atoms with E-state index in [4.69, 9.17) is 4.74 Å². The molecule has 3 aromatic carbocycles. The summed E-state index contributed by atoms with van der Waals surface area (Å²) in [5, 5.41) is 14.4. The van der Waals surface area contributed by atoms with Crippen molar-refractivity contribution in [2.24, 2.45) is 0 Å². The maximum absolute atomic E-state index is 13.2. The zero-order valence-corrected chi connectivity index (χ0v) is 15.6. The summed E-state index contributed by atoms with van der Waals surface area (Å²) in [5.41, 5.74) is 4.87. The number of hydrazine groups is 1. The fourth-order valence-electron chi connectivity index (χ4n) is 3.23. The molecule has 1 aliphatic rings. The third-order valence-corrected chi connectivity index (χ3v) is 4.70. The molecule has 3 N–H and O–H groups in total. The van der Waals surface area contributed by atoms with E-state index in [1.807, 2.05) is 12.1 Å². The highest BCUT2D eigenvalue weighted by Crippen LogP contribution is 2.35. The first-order valence-corrected chi connectivity index (χ1v) is 9.00. The van der Waals surface area contributed by atoms with Crippen LogP contribution in [0.15, 0.2) is 72.8 Å². The van der Waals surface area contributed by atoms with Crippen molar-refractivity contribution < 1.29 is 19.4 Å². The van der Waals surface area contributed by atoms with E-state index in [1.165, 1.54) is 18.2 Å². The van der Waals surface area contributed by atoms with Crippen LogP contribution in [0.3, 0.4) is 0 Å². The van der Waals surface area contributed by atoms with Crippen molar-refractivity contribution in [3.05, 3.63) is 89.5 Å². The number of ether oxygens (including phenoxy) is 1. The highest BCUT2D eigenvalue weighted by molar-refractivity contribution is 6.04. The van der Waals surface area contributed by atoms with Gasteiger partial charge in [-0.3, -0.25) is 15.0 Å². The highest BCUT2D eigenvalue weighted by atomic mass is 16.5. The number of methoxy groups -OCH3 is 1. The SMILES string of the molecule is COc1cc(C2Nc3ccccc3C(=O)N2NC(=O)c2ccccc2)ccc1O. The van der Waals surface area contributed by atoms with Crippen LogP contribution in [0.25, 0.3) is 0 Å². The van der Waals surface area contributed by atoms with E-state index in [-0.39, 0.29) is 17.4 Å². The van der Waals surface area contributed by atoms with Crippen molar-refractivity contribution in [2.75, 3.05) is 12.4 Å². The van der Waals surface area contributed by atoms with Crippen molar-refractivity contribution in [3.8, 4) is 11.5 Å². The van der Waals surface area contributed by atoms with E-state index in [9.17, 15) is 14.7 Å². The highest BCUT2D eigenvalue weighted by Gasteiger charge is 2.34. The summed E-state index contributed by atoms with van der Waals surface area (Å²) in [5.74, 6) is -0.500. The summed E-state index contributed by atoms with van der Waals surface area (Å²) >= 11 is 0. The molecular formula is C22H19N3O4. The van der Waals surface area contributed by atoms with Crippen LogP contribution in [0, 0.1) is 0 Å². The van der Waals surface area contributed by atoms with Crippen LogP contribution < -0.4 is 15.5 Å². The van der Waals surface area contributed by atoms with E-state index in [2.05, 4.69) is 10.7 Å². The van der Waals surface area contributed by atoms with Crippen LogP contribution in [0.2, 0.25) is 0 Å². The normalized spacial score (nSPS) is 15.3. The number of hydrogen-bond acceptors (Lipinski definition) is 5. The molecule has 1 heterocycles. The lowest BCUT2D eigenvalue weighted by Gasteiger charge is -2.37. The van der Waals surface area contributed by atoms with Crippen LogP contribution in [-0.2, 0) is 0 Å². The average Bonchev–Trinajstić information content (AvgIpc) is 2.76. The third-order valence-electron chi connectivity index (χ3n) is 4.70. The van der Waals surface area contributed by atoms with Gasteiger partial charge in [0.15, 0.2) is 11.5 Å². The van der Waals surface area contributed by atoms with Crippen LogP contribution in [-0.4, -0.2) is 29.0 Å². The number of hydrogen-bond donors (Lipinski definition) is 3. The maximum atomic E-state index is 13.2. The lowest BCUT2D eigenvalue weighted by Crippen LogP contribution is -2.52. The number of phenolic OH excluding ortho intramolecular Hbond substituents is 1. The number of anilines is 1. The molecule has 7 nitrogen and oxygen atoms in total. The molecule has 0 fully saturated rings. The number of para-hydroxylation sites is 1. The summed E-state index contributed by atoms with van der Waals surface area (Å²) in [6, 6.07) is 20.5. The lowest BCUT2D eigenvalue weighted by atomic mass is 10.0. The van der Waals surface area contributed by atoms with E-state index in [0.717, 1.165) is 0 Å². The quantitative estimate of drug-likeness (QED) is 0.637. The standard InChI is InChI=1S/C22H19N3O4/c1-29-19-13-15(11-12-18(19)26)20-23-17-10-6-5-9-16(17)22(28)25(20)24-21(27)14-7-3-2-4-8-14/h2-13,20,23,26H,1H3,(H,24,27). The molecule has 29 heavy (non-hydrogen) atoms. The predicted octanol–water partition coefficient (Wildman–Crippen LogP) is 3.31. The number of carbonyl (C=O) groups is 2. The van der Waals surface area contributed by atoms with Crippen LogP contribution in [0.1, 0.15) is 32.4 Å². The lowest BCUT2D eigenvalue weighted by molar-refractivity contribution is 0.0490. The van der Waals surface area contributed by atoms with Crippen molar-refractivity contribution in [1.29, 1.82) is 0 Å². The second-order valence-electron chi connectivity index (χ2n) is 6.51. The van der Waals surface area contributed by atoms with Gasteiger partial charge in [0, 0.05) is 16.8 Å². The van der Waals surface area contributed by atoms with Gasteiger partial charge in [0.05, 0.1) is 12.7 Å². The molecule has 7 heteroatoms. The maximum Gasteiger partial charge on any atom is 0.276 e. The van der Waals surface area contributed by atoms with Gasteiger partial charge in [-0.05, 0) is 36.4 Å². The van der Waals surface area contributed by atoms with Crippen molar-refractivity contribution in [2.45, 2.75) is 6.17 Å². The van der Waals surface area contributed by atoms with Gasteiger partial charge in [0.2, 0.25) is 0 Å². The van der Waals surface area contributed by atoms with Crippen LogP contribution in [0.4, 0.5) is 5.69 Å². The second kappa shape index (κ2) is 7.55. The molecule has 0 saturated carbocycles. The summed E-state index contributed by atoms with van der Waals surface area (Å²) in [6.45, 7) is 0. The molecule has 0 aromatic heterocycles. The molecule has 0 spiro atoms. The first-order valence-electron chi connectivity index (χ1n) is 9.00. The number of phenols is 1. The fraction of sp³-hybridized carbons (Fsp3) is 0.0909. The Hall–Kier alpha value is -4.00. The number of amides is 2. The van der Waals surface area contributed by atoms with Gasteiger partial charge in [0.25, 0.3) is 11.8 Å². The largest absolute Gasteiger partial charge is 0.504 e. The Morgan fingerprint density at radius 1 is 1.07 bits per heavy atom. The number of nitrogens with zero attached hydrogens (tertiary/aromatic N) is 1. The van der Waals surface area contributed by atoms with Crippen molar-refractivity contribution in [1.82, 2.24) is 10.4 Å². The first-order chi connectivity index (χ1) is 14.1. The van der Waals surface area contributed by atoms with E-state index in [1.54, 1.807) is 54.6 Å². The second-order valence-corrected chi connectivity index (χ2v) is 6.51. The van der Waals surface area contributed by atoms with Gasteiger partial charge < -0.3 is 15.2 Å². The Balaban J connectivity index is 1.74. The molecular weight excluding hydrogens is 370 g/mol. The first kappa shape index (κ1) is 18.4. The van der Waals surface area contributed by atoms with Gasteiger partial charge in [-0.25, -0.2) is 5.01 Å². The van der Waals surface area contributed by atoms with E-state index >= 15 is 0 Å². The molecule has 0 radical (unpaired) electrons. The zero-order valence-electron chi connectivity index (χ0n) is 15.6. The minimum Gasteiger partial charge on any atom is -0.504 e. The van der Waals surface area contributed by atoms with Crippen LogP contribution in [0.5, 0.6) is 11.5 Å². The summed E-state index contributed by atoms with van der Waals surface area (Å²) in [4.78, 5) is 25.9. The number of benzene rings is 3. The Labute approximate surface area is 167 Å². The van der Waals surface area contributed by atoms with Gasteiger partial charge >= 0.3 is 0 Å². The Morgan fingerprint density at radius 2 is 1.79 bits per heavy atom. The minimum absolute atomic E-state index is 0.0151. The van der Waals surface area contributed by atoms with Crippen LogP contribution >= 0.6 is 0 Å². The molecule has 4 rings (SSSR count). The van der Waals surface area contributed by atoms with Gasteiger partial charge in [-0.1, -0.05) is 36.4 Å². The molecule has 2 amide bonds. The van der Waals surface area contributed by atoms with E-state index in [0.29, 0.717) is 22.4 Å². The Kier molecular flexibility index (Phi) is 4.78. The van der Waals surface area contributed by atoms with Gasteiger partial charge in [-0.2, -0.15) is 0 Å². The molecule has 3 aromatic rings. The number of rotatable bonds is 4. The smallest absolute Gasteiger partial charge is 0.276 e. The summed E-state index contributed by atoms with van der Waals surface area (Å²) < 4.78 is 5.19. The number of aromatic hydroxyl groups is 1. The monoisotopic (exact) mass is 389 g/mol. The van der Waals surface area contributed by atoms with Gasteiger partial charge in [0.1, 0.15) is 6.17 Å². The summed E-state index contributed by atoms with van der Waals surface area (Å²) in [6.07, 6.45) is -0.695. The predicted molar refractivity (Wildman–Crippen MR) is 108 cm³/mol. The van der Waals surface area contributed by atoms with Crippen molar-refractivity contribution >= 4 is 17.5 Å². The number of carbonyl (C=O) groups excluding carboxylic acids is 2. The molecule has 0 bridgehead atoms. The molecule has 1 unspecified atom stereocenters. The third kappa shape index (κ3) is 3.45. The Morgan fingerprint density at radius 3 is 2.55 bits per heavy atom. The minimum atomic E-state index is -0.695.